The molecule has 0 spiro atoms. The lowest BCUT2D eigenvalue weighted by Crippen LogP contribution is -2.52. The molecule has 1 aliphatic rings. The molecule has 4 N–H and O–H groups in total. The molecular weight excluding hydrogens is 340 g/mol. The molecule has 1 aromatic heterocycles. The number of carbonyl (C=O) groups excluding carboxylic acids is 3. The van der Waals surface area contributed by atoms with Crippen LogP contribution in [-0.4, -0.2) is 53.3 Å². The molecule has 0 bridgehead atoms. The molecule has 1 fully saturated rings. The van der Waals surface area contributed by atoms with Crippen molar-refractivity contribution in [2.24, 2.45) is 0 Å². The normalized spacial score (nSPS) is 19.7. The van der Waals surface area contributed by atoms with E-state index in [1.54, 1.807) is 13.0 Å². The van der Waals surface area contributed by atoms with Crippen LogP contribution in [0, 0.1) is 6.92 Å². The number of nitrogens with zero attached hydrogens (tertiary/aromatic N) is 2. The number of carbonyl (C=O) groups is 3. The van der Waals surface area contributed by atoms with Crippen molar-refractivity contribution in [2.75, 3.05) is 25.1 Å². The van der Waals surface area contributed by atoms with Crippen LogP contribution in [0.1, 0.15) is 38.7 Å². The first-order valence-corrected chi connectivity index (χ1v) is 8.69. The van der Waals surface area contributed by atoms with Gasteiger partial charge in [0.2, 0.25) is 5.91 Å². The highest BCUT2D eigenvalue weighted by Gasteiger charge is 2.27. The Bertz CT molecular complexity index is 659. The Morgan fingerprint density at radius 1 is 1.42 bits per heavy atom. The topological polar surface area (TPSA) is 126 Å². The Morgan fingerprint density at radius 2 is 2.19 bits per heavy atom. The number of aryl methyl sites for hydroxylation is 1. The van der Waals surface area contributed by atoms with Crippen molar-refractivity contribution in [3.05, 3.63) is 11.8 Å². The number of hydrogen-bond donors (Lipinski definition) is 4. The molecule has 1 saturated heterocycles. The zero-order valence-electron chi connectivity index (χ0n) is 15.3. The minimum absolute atomic E-state index is 0.0320. The van der Waals surface area contributed by atoms with Gasteiger partial charge in [-0.25, -0.2) is 4.68 Å². The summed E-state index contributed by atoms with van der Waals surface area (Å²) in [6.45, 7) is 7.02. The van der Waals surface area contributed by atoms with Crippen molar-refractivity contribution in [2.45, 2.75) is 45.9 Å². The Kier molecular flexibility index (Phi) is 7.10. The molecule has 0 radical (unpaired) electrons. The van der Waals surface area contributed by atoms with Crippen LogP contribution in [-0.2, 0) is 19.1 Å². The molecule has 2 atom stereocenters. The summed E-state index contributed by atoms with van der Waals surface area (Å²) in [5, 5.41) is 15.3. The van der Waals surface area contributed by atoms with Crippen molar-refractivity contribution in [1.29, 1.82) is 0 Å². The summed E-state index contributed by atoms with van der Waals surface area (Å²) in [6.07, 6.45) is 0.395. The third-order valence-corrected chi connectivity index (χ3v) is 3.74. The molecular formula is C16H26N6O4. The zero-order valence-corrected chi connectivity index (χ0v) is 15.3. The van der Waals surface area contributed by atoms with Gasteiger partial charge in [-0.3, -0.25) is 19.7 Å². The van der Waals surface area contributed by atoms with E-state index in [2.05, 4.69) is 26.4 Å². The van der Waals surface area contributed by atoms with E-state index < -0.39 is 18.1 Å². The number of hydrogen-bond acceptors (Lipinski definition) is 6. The molecule has 0 aliphatic carbocycles. The molecule has 10 nitrogen and oxygen atoms in total. The van der Waals surface area contributed by atoms with Gasteiger partial charge in [0.15, 0.2) is 6.29 Å². The van der Waals surface area contributed by atoms with Gasteiger partial charge in [0.25, 0.3) is 0 Å². The highest BCUT2D eigenvalue weighted by atomic mass is 16.5. The maximum atomic E-state index is 12.1. The summed E-state index contributed by atoms with van der Waals surface area (Å²) in [7, 11) is 0. The quantitative estimate of drug-likeness (QED) is 0.385. The smallest absolute Gasteiger partial charge is 0.314 e. The van der Waals surface area contributed by atoms with E-state index in [1.807, 2.05) is 13.8 Å². The van der Waals surface area contributed by atoms with Gasteiger partial charge in [-0.15, -0.1) is 0 Å². The fourth-order valence-electron chi connectivity index (χ4n) is 2.57. The maximum Gasteiger partial charge on any atom is 0.314 e. The van der Waals surface area contributed by atoms with E-state index in [1.165, 1.54) is 4.68 Å². The molecule has 26 heavy (non-hydrogen) atoms. The summed E-state index contributed by atoms with van der Waals surface area (Å²) in [4.78, 5) is 35.7. The largest absolute Gasteiger partial charge is 0.382 e. The molecule has 2 rings (SSSR count). The second-order valence-corrected chi connectivity index (χ2v) is 6.12. The first kappa shape index (κ1) is 19.9. The van der Waals surface area contributed by atoms with Crippen molar-refractivity contribution in [1.82, 2.24) is 25.7 Å². The van der Waals surface area contributed by atoms with Gasteiger partial charge in [-0.05, 0) is 27.2 Å². The van der Waals surface area contributed by atoms with Crippen LogP contribution in [0.3, 0.4) is 0 Å². The van der Waals surface area contributed by atoms with Crippen molar-refractivity contribution < 1.29 is 19.1 Å². The Hall–Kier alpha value is -2.46. The minimum atomic E-state index is -0.794. The van der Waals surface area contributed by atoms with Gasteiger partial charge in [0.1, 0.15) is 5.82 Å². The van der Waals surface area contributed by atoms with Gasteiger partial charge in [0.05, 0.1) is 5.69 Å². The SMILES string of the molecule is CCOCCCNC(=O)C(=O)Nc1cc(C)nn1C1NC(=O)CC(C)N1. The first-order valence-electron chi connectivity index (χ1n) is 8.69. The lowest BCUT2D eigenvalue weighted by molar-refractivity contribution is -0.136. The van der Waals surface area contributed by atoms with Crippen LogP contribution < -0.4 is 21.3 Å². The fraction of sp³-hybridized carbons (Fsp3) is 0.625. The van der Waals surface area contributed by atoms with Crippen molar-refractivity contribution in [3.8, 4) is 0 Å². The monoisotopic (exact) mass is 366 g/mol. The van der Waals surface area contributed by atoms with Gasteiger partial charge in [-0.1, -0.05) is 0 Å². The first-order chi connectivity index (χ1) is 12.4. The highest BCUT2D eigenvalue weighted by Crippen LogP contribution is 2.17. The second kappa shape index (κ2) is 9.30. The summed E-state index contributed by atoms with van der Waals surface area (Å²) < 4.78 is 6.62. The minimum Gasteiger partial charge on any atom is -0.382 e. The van der Waals surface area contributed by atoms with E-state index in [9.17, 15) is 14.4 Å². The van der Waals surface area contributed by atoms with Crippen molar-refractivity contribution in [3.63, 3.8) is 0 Å². The lowest BCUT2D eigenvalue weighted by Gasteiger charge is -2.30. The number of anilines is 1. The zero-order chi connectivity index (χ0) is 19.1. The third kappa shape index (κ3) is 5.53. The average molecular weight is 366 g/mol. The summed E-state index contributed by atoms with van der Waals surface area (Å²) >= 11 is 0. The summed E-state index contributed by atoms with van der Waals surface area (Å²) in [5.41, 5.74) is 0.645. The third-order valence-electron chi connectivity index (χ3n) is 3.74. The van der Waals surface area contributed by atoms with Crippen molar-refractivity contribution >= 4 is 23.5 Å². The molecule has 10 heteroatoms. The molecule has 0 saturated carbocycles. The van der Waals surface area contributed by atoms with E-state index in [4.69, 9.17) is 4.74 Å². The molecule has 1 aliphatic heterocycles. The van der Waals surface area contributed by atoms with Crippen LogP contribution in [0.15, 0.2) is 6.07 Å². The number of ether oxygens (including phenoxy) is 1. The average Bonchev–Trinajstić information content (AvgIpc) is 2.94. The van der Waals surface area contributed by atoms with E-state index in [-0.39, 0.29) is 11.9 Å². The molecule has 144 valence electrons. The predicted molar refractivity (Wildman–Crippen MR) is 94.1 cm³/mol. The molecule has 0 aromatic carbocycles. The summed E-state index contributed by atoms with van der Waals surface area (Å²) in [5.74, 6) is -1.32. The Balaban J connectivity index is 1.95. The van der Waals surface area contributed by atoms with Crippen LogP contribution >= 0.6 is 0 Å². The Morgan fingerprint density at radius 3 is 2.88 bits per heavy atom. The van der Waals surface area contributed by atoms with E-state index >= 15 is 0 Å². The van der Waals surface area contributed by atoms with Gasteiger partial charge in [0, 0.05) is 38.3 Å². The van der Waals surface area contributed by atoms with Crippen LogP contribution in [0.5, 0.6) is 0 Å². The molecule has 1 aromatic rings. The highest BCUT2D eigenvalue weighted by molar-refractivity contribution is 6.39. The maximum absolute atomic E-state index is 12.1. The van der Waals surface area contributed by atoms with Gasteiger partial charge >= 0.3 is 11.8 Å². The van der Waals surface area contributed by atoms with Crippen LogP contribution in [0.2, 0.25) is 0 Å². The van der Waals surface area contributed by atoms with Gasteiger partial charge < -0.3 is 20.7 Å². The second-order valence-electron chi connectivity index (χ2n) is 6.12. The standard InChI is InChI=1S/C16H26N6O4/c1-4-26-7-5-6-17-14(24)15(25)19-12-8-11(3)21-22(12)16-18-10(2)9-13(23)20-16/h8,10,16,18H,4-7,9H2,1-3H3,(H,17,24)(H,19,25)(H,20,23). The number of aromatic nitrogens is 2. The number of amides is 3. The number of rotatable bonds is 7. The Labute approximate surface area is 152 Å². The lowest BCUT2D eigenvalue weighted by atomic mass is 10.2. The summed E-state index contributed by atoms with van der Waals surface area (Å²) in [6, 6.07) is 1.60. The van der Waals surface area contributed by atoms with Crippen LogP contribution in [0.25, 0.3) is 0 Å². The van der Waals surface area contributed by atoms with Gasteiger partial charge in [-0.2, -0.15) is 5.10 Å². The molecule has 3 amide bonds. The molecule has 2 heterocycles. The molecule has 2 unspecified atom stereocenters. The van der Waals surface area contributed by atoms with E-state index in [0.717, 1.165) is 0 Å². The van der Waals surface area contributed by atoms with Crippen LogP contribution in [0.4, 0.5) is 5.82 Å². The fourth-order valence-corrected chi connectivity index (χ4v) is 2.57. The van der Waals surface area contributed by atoms with E-state index in [0.29, 0.717) is 44.1 Å². The predicted octanol–water partition coefficient (Wildman–Crippen LogP) is -0.373. The number of nitrogens with one attached hydrogen (secondary N) is 4.